The summed E-state index contributed by atoms with van der Waals surface area (Å²) in [5, 5.41) is 0. The smallest absolute Gasteiger partial charge is 0.326 e. The largest absolute Gasteiger partial charge is 0.351 e. The quantitative estimate of drug-likeness (QED) is 0.417. The molecule has 8 heavy (non-hydrogen) atoms. The van der Waals surface area contributed by atoms with Gasteiger partial charge in [0.15, 0.2) is 0 Å². The summed E-state index contributed by atoms with van der Waals surface area (Å²) in [7, 11) is 0. The van der Waals surface area contributed by atoms with Crippen molar-refractivity contribution >= 4 is 6.03 Å². The first-order valence-corrected chi connectivity index (χ1v) is 2.60. The maximum Gasteiger partial charge on any atom is 0.326 e. The summed E-state index contributed by atoms with van der Waals surface area (Å²) >= 11 is 0. The van der Waals surface area contributed by atoms with Gasteiger partial charge in [0.2, 0.25) is 0 Å². The third kappa shape index (κ3) is 1.79. The van der Waals surface area contributed by atoms with Crippen LogP contribution in [0.3, 0.4) is 0 Å². The second-order valence-electron chi connectivity index (χ2n) is 1.91. The van der Waals surface area contributed by atoms with Crippen LogP contribution >= 0.6 is 0 Å². The van der Waals surface area contributed by atoms with Crippen molar-refractivity contribution in [2.75, 3.05) is 0 Å². The molecule has 0 heterocycles. The number of hydrazine groups is 1. The van der Waals surface area contributed by atoms with E-state index in [4.69, 9.17) is 5.73 Å². The lowest BCUT2D eigenvalue weighted by Gasteiger charge is -1.98. The monoisotopic (exact) mass is 115 g/mol. The normalized spacial score (nSPS) is 18.0. The summed E-state index contributed by atoms with van der Waals surface area (Å²) in [6.07, 6.45) is 2.28. The van der Waals surface area contributed by atoms with E-state index < -0.39 is 6.03 Å². The zero-order valence-corrected chi connectivity index (χ0v) is 4.48. The Morgan fingerprint density at radius 2 is 2.25 bits per heavy atom. The van der Waals surface area contributed by atoms with Gasteiger partial charge in [0, 0.05) is 6.04 Å². The van der Waals surface area contributed by atoms with Gasteiger partial charge in [-0.25, -0.2) is 10.2 Å². The Balaban J connectivity index is 1.95. The molecule has 0 unspecified atom stereocenters. The molecule has 2 amide bonds. The Morgan fingerprint density at radius 3 is 2.62 bits per heavy atom. The first-order chi connectivity index (χ1) is 3.79. The molecule has 0 atom stereocenters. The van der Waals surface area contributed by atoms with Crippen molar-refractivity contribution in [2.24, 2.45) is 5.73 Å². The molecular formula is C4H9N3O. The molecule has 4 N–H and O–H groups in total. The number of urea groups is 1. The molecule has 46 valence electrons. The fraction of sp³-hybridized carbons (Fsp3) is 0.750. The number of nitrogens with two attached hydrogens (primary N) is 1. The summed E-state index contributed by atoms with van der Waals surface area (Å²) in [6.45, 7) is 0. The first-order valence-electron chi connectivity index (χ1n) is 2.60. The third-order valence-electron chi connectivity index (χ3n) is 0.977. The van der Waals surface area contributed by atoms with E-state index in [9.17, 15) is 4.79 Å². The van der Waals surface area contributed by atoms with Gasteiger partial charge in [0.25, 0.3) is 0 Å². The van der Waals surface area contributed by atoms with Crippen molar-refractivity contribution in [3.8, 4) is 0 Å². The van der Waals surface area contributed by atoms with Crippen molar-refractivity contribution in [1.29, 1.82) is 0 Å². The van der Waals surface area contributed by atoms with Crippen molar-refractivity contribution in [3.63, 3.8) is 0 Å². The zero-order valence-electron chi connectivity index (χ0n) is 4.48. The van der Waals surface area contributed by atoms with Crippen molar-refractivity contribution in [1.82, 2.24) is 10.9 Å². The highest BCUT2D eigenvalue weighted by molar-refractivity contribution is 5.70. The molecular weight excluding hydrogens is 106 g/mol. The second-order valence-corrected chi connectivity index (χ2v) is 1.91. The van der Waals surface area contributed by atoms with Gasteiger partial charge in [-0.3, -0.25) is 5.43 Å². The van der Waals surface area contributed by atoms with Crippen molar-refractivity contribution in [3.05, 3.63) is 0 Å². The molecule has 0 aromatic rings. The predicted octanol–water partition coefficient (Wildman–Crippen LogP) is -0.678. The standard InChI is InChI=1S/C4H9N3O/c5-4(8)7-6-3-1-2-3/h3,6H,1-2H2,(H3,5,7,8). The molecule has 0 radical (unpaired) electrons. The maximum absolute atomic E-state index is 9.98. The van der Waals surface area contributed by atoms with Gasteiger partial charge in [-0.2, -0.15) is 0 Å². The highest BCUT2D eigenvalue weighted by atomic mass is 16.2. The highest BCUT2D eigenvalue weighted by Crippen LogP contribution is 2.17. The molecule has 4 heteroatoms. The van der Waals surface area contributed by atoms with Crippen molar-refractivity contribution < 1.29 is 4.79 Å². The Bertz CT molecular complexity index is 99.5. The number of primary amides is 1. The Morgan fingerprint density at radius 1 is 1.62 bits per heavy atom. The number of carbonyl (C=O) groups is 1. The molecule has 1 aliphatic carbocycles. The number of carbonyl (C=O) groups excluding carboxylic acids is 1. The van der Waals surface area contributed by atoms with Crippen LogP contribution in [0.4, 0.5) is 4.79 Å². The van der Waals surface area contributed by atoms with Crippen molar-refractivity contribution in [2.45, 2.75) is 18.9 Å². The zero-order chi connectivity index (χ0) is 5.98. The van der Waals surface area contributed by atoms with Crippen LogP contribution < -0.4 is 16.6 Å². The topological polar surface area (TPSA) is 67.2 Å². The second kappa shape index (κ2) is 2.00. The lowest BCUT2D eigenvalue weighted by atomic mass is 10.8. The van der Waals surface area contributed by atoms with E-state index in [-0.39, 0.29) is 0 Å². The molecule has 0 aromatic carbocycles. The summed E-state index contributed by atoms with van der Waals surface area (Å²) in [5.74, 6) is 0. The number of amides is 2. The van der Waals surface area contributed by atoms with E-state index in [0.717, 1.165) is 12.8 Å². The molecule has 0 bridgehead atoms. The van der Waals surface area contributed by atoms with Gasteiger partial charge in [-0.15, -0.1) is 0 Å². The van der Waals surface area contributed by atoms with Gasteiger partial charge in [0.05, 0.1) is 0 Å². The summed E-state index contributed by atoms with van der Waals surface area (Å²) in [6, 6.07) is -0.0422. The van der Waals surface area contributed by atoms with Crippen LogP contribution in [0.5, 0.6) is 0 Å². The van der Waals surface area contributed by atoms with E-state index in [2.05, 4.69) is 10.9 Å². The Labute approximate surface area is 47.4 Å². The SMILES string of the molecule is NC(=O)NNC1CC1. The Kier molecular flexibility index (Phi) is 1.34. The molecule has 0 aliphatic heterocycles. The van der Waals surface area contributed by atoms with Crippen LogP contribution in [-0.4, -0.2) is 12.1 Å². The third-order valence-corrected chi connectivity index (χ3v) is 0.977. The molecule has 0 saturated heterocycles. The minimum atomic E-state index is -0.517. The maximum atomic E-state index is 9.98. The van der Waals surface area contributed by atoms with Crippen LogP contribution in [0.2, 0.25) is 0 Å². The average Bonchev–Trinajstić information content (AvgIpc) is 2.41. The lowest BCUT2D eigenvalue weighted by Crippen LogP contribution is -2.42. The molecule has 0 aromatic heterocycles. The molecule has 0 spiro atoms. The van der Waals surface area contributed by atoms with E-state index in [1.165, 1.54) is 0 Å². The molecule has 1 fully saturated rings. The van der Waals surface area contributed by atoms with Gasteiger partial charge >= 0.3 is 6.03 Å². The van der Waals surface area contributed by atoms with E-state index in [1.807, 2.05) is 0 Å². The van der Waals surface area contributed by atoms with Gasteiger partial charge in [-0.05, 0) is 12.8 Å². The lowest BCUT2D eigenvalue weighted by molar-refractivity contribution is 0.244. The number of rotatable bonds is 2. The van der Waals surface area contributed by atoms with Crippen LogP contribution in [0, 0.1) is 0 Å². The van der Waals surface area contributed by atoms with Crippen LogP contribution in [0.25, 0.3) is 0 Å². The van der Waals surface area contributed by atoms with Crippen LogP contribution in [-0.2, 0) is 0 Å². The number of hydrogen-bond acceptors (Lipinski definition) is 2. The summed E-state index contributed by atoms with van der Waals surface area (Å²) < 4.78 is 0. The van der Waals surface area contributed by atoms with Crippen LogP contribution in [0.15, 0.2) is 0 Å². The number of nitrogens with one attached hydrogen (secondary N) is 2. The number of hydrogen-bond donors (Lipinski definition) is 3. The molecule has 1 rings (SSSR count). The fourth-order valence-corrected chi connectivity index (χ4v) is 0.401. The molecule has 4 nitrogen and oxygen atoms in total. The van der Waals surface area contributed by atoms with E-state index >= 15 is 0 Å². The summed E-state index contributed by atoms with van der Waals surface area (Å²) in [5.41, 5.74) is 9.78. The fourth-order valence-electron chi connectivity index (χ4n) is 0.401. The first kappa shape index (κ1) is 5.37. The summed E-state index contributed by atoms with van der Waals surface area (Å²) in [4.78, 5) is 9.98. The molecule has 1 saturated carbocycles. The van der Waals surface area contributed by atoms with E-state index in [0.29, 0.717) is 6.04 Å². The van der Waals surface area contributed by atoms with Crippen LogP contribution in [0.1, 0.15) is 12.8 Å². The van der Waals surface area contributed by atoms with E-state index in [1.54, 1.807) is 0 Å². The van der Waals surface area contributed by atoms with Gasteiger partial charge in [-0.1, -0.05) is 0 Å². The van der Waals surface area contributed by atoms with Gasteiger partial charge < -0.3 is 5.73 Å². The molecule has 1 aliphatic rings. The average molecular weight is 115 g/mol. The Hall–Kier alpha value is -0.770. The minimum Gasteiger partial charge on any atom is -0.351 e. The minimum absolute atomic E-state index is 0.475. The highest BCUT2D eigenvalue weighted by Gasteiger charge is 2.20. The predicted molar refractivity (Wildman–Crippen MR) is 28.9 cm³/mol. The van der Waals surface area contributed by atoms with Gasteiger partial charge in [0.1, 0.15) is 0 Å².